The van der Waals surface area contributed by atoms with Crippen LogP contribution in [0.1, 0.15) is 47.3 Å². The molecule has 3 aliphatic heterocycles. The molecule has 0 bridgehead atoms. The molecule has 3 aliphatic rings. The Morgan fingerprint density at radius 2 is 2.25 bits per heavy atom. The number of piperidine rings is 1. The van der Waals surface area contributed by atoms with Crippen molar-refractivity contribution in [2.24, 2.45) is 0 Å². The van der Waals surface area contributed by atoms with Crippen molar-refractivity contribution in [3.63, 3.8) is 0 Å². The Bertz CT molecular complexity index is 878. The van der Waals surface area contributed by atoms with Gasteiger partial charge in [-0.25, -0.2) is 0 Å². The molecule has 2 aromatic rings. The summed E-state index contributed by atoms with van der Waals surface area (Å²) >= 11 is 0. The van der Waals surface area contributed by atoms with Gasteiger partial charge in [0.25, 0.3) is 5.91 Å². The van der Waals surface area contributed by atoms with Gasteiger partial charge in [-0.2, -0.15) is 5.10 Å². The van der Waals surface area contributed by atoms with Crippen molar-refractivity contribution in [3.05, 3.63) is 35.5 Å². The number of carbonyl (C=O) groups excluding carboxylic acids is 2. The smallest absolute Gasteiger partial charge is 0.254 e. The molecule has 0 radical (unpaired) electrons. The molecule has 5 rings (SSSR count). The number of H-pyrrole nitrogens is 1. The van der Waals surface area contributed by atoms with E-state index in [0.717, 1.165) is 43.5 Å². The van der Waals surface area contributed by atoms with Crippen molar-refractivity contribution in [2.75, 3.05) is 19.6 Å². The maximum Gasteiger partial charge on any atom is 0.254 e. The van der Waals surface area contributed by atoms with E-state index in [2.05, 4.69) is 25.6 Å². The first-order valence-electron chi connectivity index (χ1n) is 9.92. The first kappa shape index (κ1) is 17.4. The van der Waals surface area contributed by atoms with Crippen molar-refractivity contribution in [1.82, 2.24) is 30.5 Å². The fraction of sp³-hybridized carbons (Fsp3) is 0.579. The normalized spacial score (nSPS) is 27.3. The minimum atomic E-state index is -0.513. The molecule has 5 heterocycles. The lowest BCUT2D eigenvalue weighted by atomic mass is 9.83. The molecule has 9 heteroatoms. The predicted octanol–water partition coefficient (Wildman–Crippen LogP) is 0.709. The molecular formula is C19H24N6O3. The van der Waals surface area contributed by atoms with Gasteiger partial charge in [0.05, 0.1) is 24.0 Å². The van der Waals surface area contributed by atoms with Gasteiger partial charge in [0.2, 0.25) is 5.91 Å². The summed E-state index contributed by atoms with van der Waals surface area (Å²) in [5.41, 5.74) is 1.96. The highest BCUT2D eigenvalue weighted by atomic mass is 16.5. The van der Waals surface area contributed by atoms with E-state index in [-0.39, 0.29) is 17.9 Å². The first-order valence-corrected chi connectivity index (χ1v) is 9.92. The molecule has 28 heavy (non-hydrogen) atoms. The predicted molar refractivity (Wildman–Crippen MR) is 98.2 cm³/mol. The van der Waals surface area contributed by atoms with Gasteiger partial charge < -0.3 is 14.7 Å². The number of aromatic amines is 1. The third-order valence-corrected chi connectivity index (χ3v) is 6.39. The van der Waals surface area contributed by atoms with Crippen LogP contribution in [0, 0.1) is 0 Å². The Balaban J connectivity index is 1.34. The third-order valence-electron chi connectivity index (χ3n) is 6.39. The Hall–Kier alpha value is -2.68. The van der Waals surface area contributed by atoms with Crippen LogP contribution in [0.5, 0.6) is 0 Å². The lowest BCUT2D eigenvalue weighted by Crippen LogP contribution is -2.59. The van der Waals surface area contributed by atoms with Crippen LogP contribution in [-0.4, -0.2) is 68.2 Å². The van der Waals surface area contributed by atoms with Crippen LogP contribution in [0.4, 0.5) is 0 Å². The molecule has 148 valence electrons. The molecule has 2 amide bonds. The molecule has 2 aromatic heterocycles. The number of nitrogens with zero attached hydrogens (tertiary/aromatic N) is 4. The standard InChI is InChI=1S/C19H24N6O3/c26-17(13-8-20-21-9-13)22-15-7-19(4-1-2-5-25(19)11-15)18(27)24-6-3-16-14(10-24)12-28-23-16/h8-9,12,15H,1-7,10-11H2,(H,20,21)(H,22,26)/t15-,19+/m0/s1. The summed E-state index contributed by atoms with van der Waals surface area (Å²) in [5.74, 6) is 0.0346. The van der Waals surface area contributed by atoms with Crippen LogP contribution in [0.25, 0.3) is 0 Å². The average Bonchev–Trinajstić information content (AvgIpc) is 3.45. The van der Waals surface area contributed by atoms with E-state index < -0.39 is 5.54 Å². The maximum absolute atomic E-state index is 13.7. The van der Waals surface area contributed by atoms with Gasteiger partial charge >= 0.3 is 0 Å². The van der Waals surface area contributed by atoms with Crippen molar-refractivity contribution < 1.29 is 14.1 Å². The molecule has 9 nitrogen and oxygen atoms in total. The first-order chi connectivity index (χ1) is 13.7. The zero-order valence-corrected chi connectivity index (χ0v) is 15.7. The zero-order chi connectivity index (χ0) is 19.1. The molecule has 2 fully saturated rings. The van der Waals surface area contributed by atoms with Crippen LogP contribution in [-0.2, 0) is 17.8 Å². The monoisotopic (exact) mass is 384 g/mol. The molecule has 0 aromatic carbocycles. The molecule has 0 aliphatic carbocycles. The summed E-state index contributed by atoms with van der Waals surface area (Å²) in [6, 6.07) is -0.0413. The van der Waals surface area contributed by atoms with Gasteiger partial charge in [-0.3, -0.25) is 19.6 Å². The van der Waals surface area contributed by atoms with Crippen molar-refractivity contribution in [2.45, 2.75) is 50.2 Å². The molecule has 0 saturated carbocycles. The molecule has 2 N–H and O–H groups in total. The van der Waals surface area contributed by atoms with E-state index in [1.165, 1.54) is 6.20 Å². The number of fused-ring (bicyclic) bond motifs is 2. The number of hydrogen-bond acceptors (Lipinski definition) is 6. The summed E-state index contributed by atoms with van der Waals surface area (Å²) in [6.45, 7) is 2.83. The number of nitrogens with one attached hydrogen (secondary N) is 2. The van der Waals surface area contributed by atoms with E-state index in [4.69, 9.17) is 4.52 Å². The highest BCUT2D eigenvalue weighted by molar-refractivity contribution is 5.94. The fourth-order valence-corrected chi connectivity index (χ4v) is 5.01. The van der Waals surface area contributed by atoms with E-state index in [1.54, 1.807) is 12.5 Å². The minimum Gasteiger partial charge on any atom is -0.364 e. The lowest BCUT2D eigenvalue weighted by molar-refractivity contribution is -0.146. The SMILES string of the molecule is O=C(N[C@@H]1CN2CCCC[C@]2(C(=O)N2CCc3nocc3C2)C1)c1cn[nH]c1. The van der Waals surface area contributed by atoms with Crippen LogP contribution < -0.4 is 5.32 Å². The Kier molecular flexibility index (Phi) is 4.19. The average molecular weight is 384 g/mol. The highest BCUT2D eigenvalue weighted by Gasteiger charge is 2.53. The Morgan fingerprint density at radius 1 is 1.32 bits per heavy atom. The van der Waals surface area contributed by atoms with Gasteiger partial charge in [0, 0.05) is 37.3 Å². The van der Waals surface area contributed by atoms with E-state index in [1.807, 2.05) is 4.90 Å². The van der Waals surface area contributed by atoms with Crippen LogP contribution in [0.15, 0.2) is 23.2 Å². The van der Waals surface area contributed by atoms with Gasteiger partial charge in [-0.15, -0.1) is 0 Å². The topological polar surface area (TPSA) is 107 Å². The van der Waals surface area contributed by atoms with Crippen molar-refractivity contribution in [3.8, 4) is 0 Å². The maximum atomic E-state index is 13.7. The zero-order valence-electron chi connectivity index (χ0n) is 15.7. The third kappa shape index (κ3) is 2.81. The van der Waals surface area contributed by atoms with Gasteiger partial charge in [-0.1, -0.05) is 5.16 Å². The Labute approximate surface area is 162 Å². The van der Waals surface area contributed by atoms with Crippen molar-refractivity contribution in [1.29, 1.82) is 0 Å². The highest BCUT2D eigenvalue weighted by Crippen LogP contribution is 2.40. The van der Waals surface area contributed by atoms with Crippen LogP contribution >= 0.6 is 0 Å². The summed E-state index contributed by atoms with van der Waals surface area (Å²) in [7, 11) is 0. The summed E-state index contributed by atoms with van der Waals surface area (Å²) in [5, 5.41) is 13.6. The van der Waals surface area contributed by atoms with Crippen LogP contribution in [0.3, 0.4) is 0 Å². The van der Waals surface area contributed by atoms with E-state index >= 15 is 0 Å². The summed E-state index contributed by atoms with van der Waals surface area (Å²) < 4.78 is 5.07. The van der Waals surface area contributed by atoms with E-state index in [9.17, 15) is 9.59 Å². The van der Waals surface area contributed by atoms with Gasteiger partial charge in [0.1, 0.15) is 11.8 Å². The molecular weight excluding hydrogens is 360 g/mol. The number of rotatable bonds is 3. The molecule has 0 unspecified atom stereocenters. The number of amides is 2. The second-order valence-electron chi connectivity index (χ2n) is 8.06. The number of aromatic nitrogens is 3. The number of carbonyl (C=O) groups is 2. The number of hydrogen-bond donors (Lipinski definition) is 2. The minimum absolute atomic E-state index is 0.0413. The lowest BCUT2D eigenvalue weighted by Gasteiger charge is -2.44. The van der Waals surface area contributed by atoms with Crippen molar-refractivity contribution >= 4 is 11.8 Å². The summed E-state index contributed by atoms with van der Waals surface area (Å²) in [6.07, 6.45) is 9.11. The molecule has 0 spiro atoms. The largest absolute Gasteiger partial charge is 0.364 e. The quantitative estimate of drug-likeness (QED) is 0.807. The Morgan fingerprint density at radius 3 is 3.11 bits per heavy atom. The second kappa shape index (κ2) is 6.73. The fourth-order valence-electron chi connectivity index (χ4n) is 5.01. The molecule has 2 atom stereocenters. The van der Waals surface area contributed by atoms with Gasteiger partial charge in [0.15, 0.2) is 0 Å². The second-order valence-corrected chi connectivity index (χ2v) is 8.06. The van der Waals surface area contributed by atoms with Gasteiger partial charge in [-0.05, 0) is 32.2 Å². The van der Waals surface area contributed by atoms with Crippen LogP contribution in [0.2, 0.25) is 0 Å². The van der Waals surface area contributed by atoms with E-state index in [0.29, 0.717) is 31.6 Å². The molecule has 2 saturated heterocycles. The summed E-state index contributed by atoms with van der Waals surface area (Å²) in [4.78, 5) is 30.3.